The van der Waals surface area contributed by atoms with Gasteiger partial charge in [0, 0.05) is 29.4 Å². The molecule has 1 aromatic carbocycles. The maximum Gasteiger partial charge on any atom is 0.282 e. The summed E-state index contributed by atoms with van der Waals surface area (Å²) in [6.07, 6.45) is 1.38. The largest absolute Gasteiger partial charge is 0.300 e. The fourth-order valence-corrected chi connectivity index (χ4v) is 2.40. The number of ketones is 1. The summed E-state index contributed by atoms with van der Waals surface area (Å²) in [5, 5.41) is 22.3. The molecular weight excluding hydrogens is 312 g/mol. The molecule has 7 heteroatoms. The average molecular weight is 338 g/mol. The van der Waals surface area contributed by atoms with Gasteiger partial charge in [0.1, 0.15) is 11.3 Å². The van der Waals surface area contributed by atoms with Crippen molar-refractivity contribution in [2.75, 3.05) is 0 Å². The van der Waals surface area contributed by atoms with Gasteiger partial charge >= 0.3 is 0 Å². The molecule has 1 rings (SSSR count). The van der Waals surface area contributed by atoms with Crippen LogP contribution in [0.3, 0.4) is 0 Å². The van der Waals surface area contributed by atoms with Crippen LogP contribution in [-0.4, -0.2) is 15.6 Å². The number of rotatable bonds is 4. The van der Waals surface area contributed by atoms with Gasteiger partial charge < -0.3 is 0 Å². The number of nitro benzene ring substituents is 2. The third-order valence-electron chi connectivity index (χ3n) is 3.56. The lowest BCUT2D eigenvalue weighted by Gasteiger charge is -2.20. The Morgan fingerprint density at radius 1 is 0.958 bits per heavy atom. The van der Waals surface area contributed by atoms with Gasteiger partial charge in [-0.2, -0.15) is 0 Å². The van der Waals surface area contributed by atoms with Crippen LogP contribution in [0.1, 0.15) is 64.2 Å². The molecule has 0 heterocycles. The molecule has 24 heavy (non-hydrogen) atoms. The van der Waals surface area contributed by atoms with Gasteiger partial charge in [-0.15, -0.1) is 0 Å². The highest BCUT2D eigenvalue weighted by molar-refractivity contribution is 5.77. The topological polar surface area (TPSA) is 103 Å². The predicted octanol–water partition coefficient (Wildman–Crippen LogP) is 4.79. The first-order valence-electron chi connectivity index (χ1n) is 7.83. The van der Waals surface area contributed by atoms with E-state index >= 15 is 0 Å². The zero-order valence-corrected chi connectivity index (χ0v) is 15.4. The van der Waals surface area contributed by atoms with Crippen LogP contribution in [0.5, 0.6) is 0 Å². The van der Waals surface area contributed by atoms with E-state index in [9.17, 15) is 25.0 Å². The van der Waals surface area contributed by atoms with Crippen LogP contribution < -0.4 is 0 Å². The van der Waals surface area contributed by atoms with E-state index < -0.39 is 15.3 Å². The number of nitrogens with zero attached hydrogens (tertiary/aromatic N) is 2. The molecule has 1 aromatic rings. The molecule has 0 saturated carbocycles. The molecular formula is C17H26N2O5. The third kappa shape index (κ3) is 5.40. The second-order valence-corrected chi connectivity index (χ2v) is 6.59. The van der Waals surface area contributed by atoms with Gasteiger partial charge in [-0.25, -0.2) is 0 Å². The van der Waals surface area contributed by atoms with E-state index in [0.29, 0.717) is 29.8 Å². The zero-order chi connectivity index (χ0) is 19.2. The molecule has 0 bridgehead atoms. The summed E-state index contributed by atoms with van der Waals surface area (Å²) in [5.74, 6) is 0.343. The third-order valence-corrected chi connectivity index (χ3v) is 3.56. The number of nitro groups is 2. The molecule has 0 N–H and O–H groups in total. The maximum atomic E-state index is 11.2. The number of hydrogen-bond acceptors (Lipinski definition) is 5. The highest BCUT2D eigenvalue weighted by Crippen LogP contribution is 2.42. The van der Waals surface area contributed by atoms with Crippen molar-refractivity contribution >= 4 is 17.2 Å². The van der Waals surface area contributed by atoms with Crippen molar-refractivity contribution in [3.8, 4) is 0 Å². The zero-order valence-electron chi connectivity index (χ0n) is 15.4. The Hall–Kier alpha value is -2.31. The second kappa shape index (κ2) is 8.52. The van der Waals surface area contributed by atoms with Gasteiger partial charge in [0.15, 0.2) is 0 Å². The van der Waals surface area contributed by atoms with E-state index in [0.717, 1.165) is 0 Å². The van der Waals surface area contributed by atoms with Crippen molar-refractivity contribution in [2.24, 2.45) is 0 Å². The molecule has 0 aliphatic rings. The van der Waals surface area contributed by atoms with Crippen LogP contribution in [0, 0.1) is 34.1 Å². The first-order valence-corrected chi connectivity index (χ1v) is 7.83. The average Bonchev–Trinajstić information content (AvgIpc) is 2.44. The summed E-state index contributed by atoms with van der Waals surface area (Å²) >= 11 is 0. The smallest absolute Gasteiger partial charge is 0.282 e. The number of Topliss-reactive ketones (excluding diaryl/α,β-unsaturated/α-hetero) is 1. The lowest BCUT2D eigenvalue weighted by atomic mass is 9.82. The summed E-state index contributed by atoms with van der Waals surface area (Å²) in [4.78, 5) is 31.4. The minimum absolute atomic E-state index is 0.153. The number of aryl methyl sites for hydroxylation is 2. The van der Waals surface area contributed by atoms with Gasteiger partial charge in [-0.3, -0.25) is 25.0 Å². The lowest BCUT2D eigenvalue weighted by Crippen LogP contribution is -2.18. The van der Waals surface area contributed by atoms with Crippen molar-refractivity contribution < 1.29 is 14.6 Å². The van der Waals surface area contributed by atoms with Crippen LogP contribution in [0.2, 0.25) is 0 Å². The molecule has 0 radical (unpaired) electrons. The van der Waals surface area contributed by atoms with Gasteiger partial charge in [0.2, 0.25) is 0 Å². The van der Waals surface area contributed by atoms with Crippen LogP contribution in [0.25, 0.3) is 0 Å². The summed E-state index contributed by atoms with van der Waals surface area (Å²) in [6.45, 7) is 12.2. The molecule has 134 valence electrons. The van der Waals surface area contributed by atoms with Crippen molar-refractivity contribution in [1.82, 2.24) is 0 Å². The lowest BCUT2D eigenvalue weighted by molar-refractivity contribution is -0.396. The Morgan fingerprint density at radius 3 is 1.46 bits per heavy atom. The Morgan fingerprint density at radius 2 is 1.29 bits per heavy atom. The van der Waals surface area contributed by atoms with E-state index in [4.69, 9.17) is 0 Å². The fourth-order valence-electron chi connectivity index (χ4n) is 2.40. The monoisotopic (exact) mass is 338 g/mol. The van der Waals surface area contributed by atoms with Gasteiger partial charge in [-0.1, -0.05) is 34.6 Å². The second-order valence-electron chi connectivity index (χ2n) is 6.59. The standard InChI is InChI=1S/C12H16N2O4.C5H10O/c1-7-6-8(2)11(14(17)18)9(12(3,4)5)10(7)13(15)16;1-3-5(6)4-2/h6H,1-5H3;3-4H2,1-2H3. The van der Waals surface area contributed by atoms with Crippen LogP contribution in [-0.2, 0) is 10.2 Å². The van der Waals surface area contributed by atoms with Crippen molar-refractivity contribution in [2.45, 2.75) is 66.7 Å². The first kappa shape index (κ1) is 21.7. The van der Waals surface area contributed by atoms with E-state index in [1.807, 2.05) is 13.8 Å². The molecule has 0 aliphatic carbocycles. The summed E-state index contributed by atoms with van der Waals surface area (Å²) in [6, 6.07) is 1.49. The number of carbonyl (C=O) groups is 1. The van der Waals surface area contributed by atoms with Crippen molar-refractivity contribution in [3.63, 3.8) is 0 Å². The fraction of sp³-hybridized carbons (Fsp3) is 0.588. The van der Waals surface area contributed by atoms with Crippen LogP contribution in [0.4, 0.5) is 11.4 Å². The molecule has 0 fully saturated rings. The Kier molecular flexibility index (Phi) is 7.70. The number of benzene rings is 1. The van der Waals surface area contributed by atoms with Crippen molar-refractivity contribution in [1.29, 1.82) is 0 Å². The van der Waals surface area contributed by atoms with Crippen LogP contribution in [0.15, 0.2) is 6.07 Å². The van der Waals surface area contributed by atoms with Crippen LogP contribution >= 0.6 is 0 Å². The summed E-state index contributed by atoms with van der Waals surface area (Å²) in [7, 11) is 0. The normalized spacial score (nSPS) is 10.6. The molecule has 0 unspecified atom stereocenters. The molecule has 0 aliphatic heterocycles. The maximum absolute atomic E-state index is 11.2. The SMILES string of the molecule is CCC(=O)CC.Cc1cc(C)c([N+](=O)[O-])c(C(C)(C)C)c1[N+](=O)[O-]. The van der Waals surface area contributed by atoms with E-state index in [2.05, 4.69) is 0 Å². The minimum atomic E-state index is -0.665. The van der Waals surface area contributed by atoms with Gasteiger partial charge in [0.05, 0.1) is 9.85 Å². The molecule has 0 atom stereocenters. The first-order chi connectivity index (χ1) is 10.9. The quantitative estimate of drug-likeness (QED) is 0.579. The Bertz CT molecular complexity index is 601. The number of carbonyl (C=O) groups excluding carboxylic acids is 1. The molecule has 0 amide bonds. The molecule has 0 aromatic heterocycles. The Balaban J connectivity index is 0.000000754. The minimum Gasteiger partial charge on any atom is -0.300 e. The van der Waals surface area contributed by atoms with E-state index in [-0.39, 0.29) is 16.9 Å². The van der Waals surface area contributed by atoms with E-state index in [1.54, 1.807) is 34.6 Å². The summed E-state index contributed by atoms with van der Waals surface area (Å²) in [5.41, 5.74) is 0.123. The van der Waals surface area contributed by atoms with Crippen molar-refractivity contribution in [3.05, 3.63) is 43.0 Å². The predicted molar refractivity (Wildman–Crippen MR) is 93.5 cm³/mol. The molecule has 0 spiro atoms. The molecule has 7 nitrogen and oxygen atoms in total. The highest BCUT2D eigenvalue weighted by atomic mass is 16.6. The highest BCUT2D eigenvalue weighted by Gasteiger charge is 2.36. The number of hydrogen-bond donors (Lipinski definition) is 0. The van der Waals surface area contributed by atoms with Gasteiger partial charge in [0.25, 0.3) is 11.4 Å². The molecule has 0 saturated heterocycles. The van der Waals surface area contributed by atoms with Gasteiger partial charge in [-0.05, 0) is 19.9 Å². The Labute approximate surface area is 142 Å². The van der Waals surface area contributed by atoms with E-state index in [1.165, 1.54) is 6.07 Å². The summed E-state index contributed by atoms with van der Waals surface area (Å²) < 4.78 is 0.